The molecular formula is C11H9Cl3O2. The molecule has 1 atom stereocenters. The van der Waals surface area contributed by atoms with Gasteiger partial charge in [-0.2, -0.15) is 0 Å². The average Bonchev–Trinajstić information content (AvgIpc) is 2.82. The van der Waals surface area contributed by atoms with Gasteiger partial charge in [0.2, 0.25) is 0 Å². The largest absolute Gasteiger partial charge is 0.426 e. The second-order valence-corrected chi connectivity index (χ2v) is 5.80. The minimum absolute atomic E-state index is 0.397. The summed E-state index contributed by atoms with van der Waals surface area (Å²) in [6.45, 7) is 1.84. The van der Waals surface area contributed by atoms with Crippen LogP contribution in [0.25, 0.3) is 0 Å². The summed E-state index contributed by atoms with van der Waals surface area (Å²) in [5, 5.41) is 0.634. The first-order valence-corrected chi connectivity index (χ1v) is 5.89. The van der Waals surface area contributed by atoms with Crippen LogP contribution in [0.5, 0.6) is 5.75 Å². The topological polar surface area (TPSA) is 26.3 Å². The number of hydrogen-bond donors (Lipinski definition) is 0. The van der Waals surface area contributed by atoms with Crippen molar-refractivity contribution in [3.8, 4) is 5.75 Å². The van der Waals surface area contributed by atoms with Gasteiger partial charge in [0.25, 0.3) is 0 Å². The zero-order valence-corrected chi connectivity index (χ0v) is 10.7. The maximum absolute atomic E-state index is 11.6. The Morgan fingerprint density at radius 1 is 1.50 bits per heavy atom. The lowest BCUT2D eigenvalue weighted by molar-refractivity contribution is -0.135. The SMILES string of the molecule is Cc1cc(OC(=O)C2CC2(Cl)Cl)ccc1Cl. The molecule has 0 N–H and O–H groups in total. The number of esters is 1. The molecule has 1 fully saturated rings. The number of alkyl halides is 2. The summed E-state index contributed by atoms with van der Waals surface area (Å²) in [5.74, 6) is -0.360. The van der Waals surface area contributed by atoms with E-state index in [9.17, 15) is 4.79 Å². The normalized spacial score (nSPS) is 21.6. The number of rotatable bonds is 2. The summed E-state index contributed by atoms with van der Waals surface area (Å²) in [7, 11) is 0. The minimum atomic E-state index is -0.946. The molecule has 1 saturated carbocycles. The van der Waals surface area contributed by atoms with Crippen LogP contribution < -0.4 is 4.74 Å². The number of carbonyl (C=O) groups is 1. The smallest absolute Gasteiger partial charge is 0.317 e. The Hall–Kier alpha value is -0.440. The first-order valence-electron chi connectivity index (χ1n) is 4.76. The van der Waals surface area contributed by atoms with Crippen LogP contribution in [0.1, 0.15) is 12.0 Å². The Morgan fingerprint density at radius 2 is 2.12 bits per heavy atom. The van der Waals surface area contributed by atoms with Crippen molar-refractivity contribution >= 4 is 40.8 Å². The Labute approximate surface area is 108 Å². The van der Waals surface area contributed by atoms with Gasteiger partial charge in [-0.05, 0) is 37.1 Å². The lowest BCUT2D eigenvalue weighted by Gasteiger charge is -2.05. The Kier molecular flexibility index (Phi) is 3.08. The summed E-state index contributed by atoms with van der Waals surface area (Å²) < 4.78 is 4.20. The molecule has 2 nitrogen and oxygen atoms in total. The second-order valence-electron chi connectivity index (χ2n) is 3.85. The molecule has 1 unspecified atom stereocenters. The summed E-state index contributed by atoms with van der Waals surface area (Å²) in [5.41, 5.74) is 0.853. The van der Waals surface area contributed by atoms with Gasteiger partial charge >= 0.3 is 5.97 Å². The first-order chi connectivity index (χ1) is 7.40. The monoisotopic (exact) mass is 278 g/mol. The molecule has 0 spiro atoms. The Balaban J connectivity index is 2.05. The van der Waals surface area contributed by atoms with Crippen LogP contribution >= 0.6 is 34.8 Å². The van der Waals surface area contributed by atoms with Gasteiger partial charge in [-0.1, -0.05) is 11.6 Å². The highest BCUT2D eigenvalue weighted by Gasteiger charge is 2.57. The zero-order valence-electron chi connectivity index (χ0n) is 8.47. The summed E-state index contributed by atoms with van der Waals surface area (Å²) >= 11 is 17.4. The van der Waals surface area contributed by atoms with Crippen molar-refractivity contribution < 1.29 is 9.53 Å². The van der Waals surface area contributed by atoms with E-state index < -0.39 is 16.2 Å². The lowest BCUT2D eigenvalue weighted by atomic mass is 10.2. The molecule has 1 aliphatic carbocycles. The van der Waals surface area contributed by atoms with Crippen LogP contribution in [0.4, 0.5) is 0 Å². The Bertz CT molecular complexity index is 443. The maximum Gasteiger partial charge on any atom is 0.317 e. The van der Waals surface area contributed by atoms with Crippen molar-refractivity contribution in [1.82, 2.24) is 0 Å². The molecule has 0 aliphatic heterocycles. The van der Waals surface area contributed by atoms with Crippen molar-refractivity contribution in [1.29, 1.82) is 0 Å². The number of hydrogen-bond acceptors (Lipinski definition) is 2. The molecule has 0 radical (unpaired) electrons. The summed E-state index contributed by atoms with van der Waals surface area (Å²) in [6.07, 6.45) is 0.446. The van der Waals surface area contributed by atoms with Gasteiger partial charge < -0.3 is 4.74 Å². The number of benzene rings is 1. The van der Waals surface area contributed by atoms with E-state index in [0.29, 0.717) is 17.2 Å². The maximum atomic E-state index is 11.6. The van der Waals surface area contributed by atoms with Crippen LogP contribution in [0, 0.1) is 12.8 Å². The standard InChI is InChI=1S/C11H9Cl3O2/c1-6-4-7(2-3-9(6)12)16-10(15)8-5-11(8,13)14/h2-4,8H,5H2,1H3. The van der Waals surface area contributed by atoms with E-state index in [1.54, 1.807) is 18.2 Å². The molecule has 1 aliphatic rings. The van der Waals surface area contributed by atoms with E-state index in [2.05, 4.69) is 0 Å². The summed E-state index contributed by atoms with van der Waals surface area (Å²) in [6, 6.07) is 5.02. The molecule has 2 rings (SSSR count). The highest BCUT2D eigenvalue weighted by Crippen LogP contribution is 2.53. The predicted octanol–water partition coefficient (Wildman–Crippen LogP) is 3.75. The minimum Gasteiger partial charge on any atom is -0.426 e. The molecule has 0 aromatic heterocycles. The second kappa shape index (κ2) is 4.10. The van der Waals surface area contributed by atoms with Gasteiger partial charge in [0, 0.05) is 5.02 Å². The van der Waals surface area contributed by atoms with Crippen molar-refractivity contribution in [2.24, 2.45) is 5.92 Å². The van der Waals surface area contributed by atoms with Crippen molar-refractivity contribution in [3.63, 3.8) is 0 Å². The van der Waals surface area contributed by atoms with Gasteiger partial charge in [-0.25, -0.2) is 0 Å². The third kappa shape index (κ3) is 2.45. The fourth-order valence-electron chi connectivity index (χ4n) is 1.34. The number of halogens is 3. The highest BCUT2D eigenvalue weighted by molar-refractivity contribution is 6.52. The zero-order chi connectivity index (χ0) is 11.9. The van der Waals surface area contributed by atoms with Crippen LogP contribution in [-0.4, -0.2) is 10.3 Å². The van der Waals surface area contributed by atoms with Crippen LogP contribution in [0.15, 0.2) is 18.2 Å². The number of aryl methyl sites for hydroxylation is 1. The molecule has 0 amide bonds. The Morgan fingerprint density at radius 3 is 2.62 bits per heavy atom. The van der Waals surface area contributed by atoms with Crippen LogP contribution in [-0.2, 0) is 4.79 Å². The van der Waals surface area contributed by atoms with E-state index >= 15 is 0 Å². The molecule has 16 heavy (non-hydrogen) atoms. The fourth-order valence-corrected chi connectivity index (χ4v) is 1.94. The quantitative estimate of drug-likeness (QED) is 0.468. The van der Waals surface area contributed by atoms with E-state index in [-0.39, 0.29) is 0 Å². The average molecular weight is 280 g/mol. The van der Waals surface area contributed by atoms with Gasteiger partial charge in [-0.15, -0.1) is 23.2 Å². The molecule has 1 aromatic carbocycles. The third-order valence-electron chi connectivity index (χ3n) is 2.46. The van der Waals surface area contributed by atoms with Crippen molar-refractivity contribution in [2.75, 3.05) is 0 Å². The highest BCUT2D eigenvalue weighted by atomic mass is 35.5. The number of ether oxygens (including phenoxy) is 1. The van der Waals surface area contributed by atoms with Gasteiger partial charge in [0.1, 0.15) is 10.1 Å². The van der Waals surface area contributed by atoms with E-state index in [4.69, 9.17) is 39.5 Å². The predicted molar refractivity (Wildman–Crippen MR) is 64.4 cm³/mol. The third-order valence-corrected chi connectivity index (χ3v) is 3.72. The van der Waals surface area contributed by atoms with Crippen molar-refractivity contribution in [2.45, 2.75) is 17.7 Å². The fraction of sp³-hybridized carbons (Fsp3) is 0.364. The van der Waals surface area contributed by atoms with Gasteiger partial charge in [0.15, 0.2) is 0 Å². The van der Waals surface area contributed by atoms with E-state index in [1.807, 2.05) is 6.92 Å². The van der Waals surface area contributed by atoms with Crippen molar-refractivity contribution in [3.05, 3.63) is 28.8 Å². The van der Waals surface area contributed by atoms with Gasteiger partial charge in [0.05, 0.1) is 5.92 Å². The molecule has 0 heterocycles. The van der Waals surface area contributed by atoms with E-state index in [1.165, 1.54) is 0 Å². The molecule has 5 heteroatoms. The lowest BCUT2D eigenvalue weighted by Crippen LogP contribution is -2.13. The molecule has 1 aromatic rings. The van der Waals surface area contributed by atoms with Gasteiger partial charge in [-0.3, -0.25) is 4.79 Å². The molecule has 0 bridgehead atoms. The molecular weight excluding hydrogens is 270 g/mol. The molecule has 86 valence electrons. The molecule has 0 saturated heterocycles. The van der Waals surface area contributed by atoms with E-state index in [0.717, 1.165) is 5.56 Å². The summed E-state index contributed by atoms with van der Waals surface area (Å²) in [4.78, 5) is 11.6. The first kappa shape index (κ1) is 12.0. The van der Waals surface area contributed by atoms with Crippen LogP contribution in [0.2, 0.25) is 5.02 Å². The van der Waals surface area contributed by atoms with Crippen LogP contribution in [0.3, 0.4) is 0 Å². The number of carbonyl (C=O) groups excluding carboxylic acids is 1.